The normalized spacial score (nSPS) is 12.0. The van der Waals surface area contributed by atoms with E-state index < -0.39 is 18.0 Å². The zero-order valence-electron chi connectivity index (χ0n) is 13.7. The topological polar surface area (TPSA) is 106 Å². The summed E-state index contributed by atoms with van der Waals surface area (Å²) in [7, 11) is 3.88. The largest absolute Gasteiger partial charge is 0.480 e. The number of aromatic nitrogens is 1. The summed E-state index contributed by atoms with van der Waals surface area (Å²) in [4.78, 5) is 28.8. The number of nitrogens with two attached hydrogens (primary N) is 1. The average Bonchev–Trinajstić information content (AvgIpc) is 2.56. The van der Waals surface area contributed by atoms with Crippen LogP contribution in [-0.2, 0) is 20.9 Å². The molecule has 24 heavy (non-hydrogen) atoms. The van der Waals surface area contributed by atoms with Crippen molar-refractivity contribution in [2.75, 3.05) is 19.0 Å². The summed E-state index contributed by atoms with van der Waals surface area (Å²) in [6.45, 7) is 0.0405. The number of ether oxygens (including phenoxy) is 1. The highest BCUT2D eigenvalue weighted by Crippen LogP contribution is 2.24. The van der Waals surface area contributed by atoms with Gasteiger partial charge in [0.1, 0.15) is 12.6 Å². The molecule has 1 atom stereocenters. The number of pyridine rings is 1. The Morgan fingerprint density at radius 1 is 1.29 bits per heavy atom. The number of carboxylic acids is 1. The Labute approximate surface area is 140 Å². The van der Waals surface area contributed by atoms with Crippen LogP contribution in [0.5, 0.6) is 0 Å². The SMILES string of the molecule is CN(C)c1cccc2ccc(COC(=O)CC[C@H](N)C(=O)O)nc12. The maximum absolute atomic E-state index is 11.7. The van der Waals surface area contributed by atoms with Crippen LogP contribution in [0.2, 0.25) is 0 Å². The van der Waals surface area contributed by atoms with Gasteiger partial charge in [0.2, 0.25) is 0 Å². The molecule has 0 radical (unpaired) electrons. The highest BCUT2D eigenvalue weighted by atomic mass is 16.5. The van der Waals surface area contributed by atoms with Crippen molar-refractivity contribution in [3.8, 4) is 0 Å². The third-order valence-electron chi connectivity index (χ3n) is 3.60. The van der Waals surface area contributed by atoms with Gasteiger partial charge in [-0.15, -0.1) is 0 Å². The molecule has 0 fully saturated rings. The molecule has 0 saturated carbocycles. The molecule has 3 N–H and O–H groups in total. The molecular formula is C17H21N3O4. The van der Waals surface area contributed by atoms with Crippen LogP contribution < -0.4 is 10.6 Å². The van der Waals surface area contributed by atoms with Gasteiger partial charge >= 0.3 is 11.9 Å². The molecule has 1 aromatic carbocycles. The Kier molecular flexibility index (Phi) is 5.70. The number of hydrogen-bond donors (Lipinski definition) is 2. The first-order chi connectivity index (χ1) is 11.4. The number of carbonyl (C=O) groups is 2. The van der Waals surface area contributed by atoms with Crippen LogP contribution in [0.1, 0.15) is 18.5 Å². The van der Waals surface area contributed by atoms with Crippen molar-refractivity contribution in [1.29, 1.82) is 0 Å². The van der Waals surface area contributed by atoms with Gasteiger partial charge in [0.05, 0.1) is 16.9 Å². The van der Waals surface area contributed by atoms with E-state index in [2.05, 4.69) is 4.98 Å². The number of rotatable bonds is 7. The summed E-state index contributed by atoms with van der Waals surface area (Å²) in [6.07, 6.45) is 0.00802. The molecule has 128 valence electrons. The lowest BCUT2D eigenvalue weighted by Gasteiger charge is -2.15. The minimum Gasteiger partial charge on any atom is -0.480 e. The molecule has 0 unspecified atom stereocenters. The summed E-state index contributed by atoms with van der Waals surface area (Å²) < 4.78 is 5.14. The number of carbonyl (C=O) groups excluding carboxylic acids is 1. The lowest BCUT2D eigenvalue weighted by atomic mass is 10.1. The number of hydrogen-bond acceptors (Lipinski definition) is 6. The zero-order chi connectivity index (χ0) is 17.7. The van der Waals surface area contributed by atoms with E-state index in [9.17, 15) is 9.59 Å². The number of aliphatic carboxylic acids is 1. The second-order valence-corrected chi connectivity index (χ2v) is 5.69. The number of carboxylic acid groups (broad SMARTS) is 1. The Hall–Kier alpha value is -2.67. The van der Waals surface area contributed by atoms with Crippen molar-refractivity contribution in [2.24, 2.45) is 5.73 Å². The van der Waals surface area contributed by atoms with Crippen molar-refractivity contribution in [3.63, 3.8) is 0 Å². The van der Waals surface area contributed by atoms with Gasteiger partial charge in [-0.1, -0.05) is 18.2 Å². The molecular weight excluding hydrogens is 310 g/mol. The van der Waals surface area contributed by atoms with Gasteiger partial charge in [-0.3, -0.25) is 9.59 Å². The smallest absolute Gasteiger partial charge is 0.320 e. The summed E-state index contributed by atoms with van der Waals surface area (Å²) in [5.41, 5.74) is 7.80. The van der Waals surface area contributed by atoms with Gasteiger partial charge in [0.25, 0.3) is 0 Å². The highest BCUT2D eigenvalue weighted by Gasteiger charge is 2.14. The fraction of sp³-hybridized carbons (Fsp3) is 0.353. The van der Waals surface area contributed by atoms with Crippen LogP contribution in [0, 0.1) is 0 Å². The van der Waals surface area contributed by atoms with E-state index in [0.29, 0.717) is 5.69 Å². The van der Waals surface area contributed by atoms with Crippen molar-refractivity contribution in [2.45, 2.75) is 25.5 Å². The van der Waals surface area contributed by atoms with Crippen LogP contribution in [-0.4, -0.2) is 42.2 Å². The summed E-state index contributed by atoms with van der Waals surface area (Å²) >= 11 is 0. The minimum atomic E-state index is -1.13. The number of anilines is 1. The Morgan fingerprint density at radius 3 is 2.71 bits per heavy atom. The van der Waals surface area contributed by atoms with E-state index in [1.54, 1.807) is 6.07 Å². The van der Waals surface area contributed by atoms with Gasteiger partial charge in [0, 0.05) is 25.9 Å². The van der Waals surface area contributed by atoms with E-state index in [-0.39, 0.29) is 19.4 Å². The van der Waals surface area contributed by atoms with Crippen LogP contribution >= 0.6 is 0 Å². The van der Waals surface area contributed by atoms with E-state index in [4.69, 9.17) is 15.6 Å². The van der Waals surface area contributed by atoms with Crippen LogP contribution in [0.25, 0.3) is 10.9 Å². The van der Waals surface area contributed by atoms with Gasteiger partial charge in [-0.05, 0) is 18.6 Å². The van der Waals surface area contributed by atoms with Crippen LogP contribution in [0.3, 0.4) is 0 Å². The van der Waals surface area contributed by atoms with Crippen LogP contribution in [0.15, 0.2) is 30.3 Å². The molecule has 0 aliphatic heterocycles. The van der Waals surface area contributed by atoms with Crippen molar-refractivity contribution in [3.05, 3.63) is 36.0 Å². The molecule has 0 saturated heterocycles. The predicted molar refractivity (Wildman–Crippen MR) is 90.7 cm³/mol. The standard InChI is InChI=1S/C17H21N3O4/c1-20(2)14-5-3-4-11-6-7-12(19-16(11)14)10-24-15(21)9-8-13(18)17(22)23/h3-7,13H,8-10,18H2,1-2H3,(H,22,23)/t13-/m0/s1. The third kappa shape index (κ3) is 4.42. The molecule has 1 aromatic heterocycles. The summed E-state index contributed by atoms with van der Waals surface area (Å²) in [6, 6.07) is 8.58. The molecule has 2 rings (SSSR count). The van der Waals surface area contributed by atoms with Crippen molar-refractivity contribution < 1.29 is 19.4 Å². The molecule has 2 aromatic rings. The average molecular weight is 331 g/mol. The second-order valence-electron chi connectivity index (χ2n) is 5.69. The van der Waals surface area contributed by atoms with Gasteiger partial charge in [-0.25, -0.2) is 4.98 Å². The van der Waals surface area contributed by atoms with E-state index in [0.717, 1.165) is 16.6 Å². The lowest BCUT2D eigenvalue weighted by molar-refractivity contribution is -0.145. The molecule has 7 nitrogen and oxygen atoms in total. The Bertz CT molecular complexity index is 746. The van der Waals surface area contributed by atoms with E-state index in [1.807, 2.05) is 43.3 Å². The number of nitrogens with zero attached hydrogens (tertiary/aromatic N) is 2. The molecule has 0 amide bonds. The first-order valence-electron chi connectivity index (χ1n) is 7.58. The minimum absolute atomic E-state index is 0.0377. The molecule has 0 aliphatic carbocycles. The maximum atomic E-state index is 11.7. The lowest BCUT2D eigenvalue weighted by Crippen LogP contribution is -2.30. The monoisotopic (exact) mass is 331 g/mol. The van der Waals surface area contributed by atoms with Crippen LogP contribution in [0.4, 0.5) is 5.69 Å². The van der Waals surface area contributed by atoms with Crippen molar-refractivity contribution in [1.82, 2.24) is 4.98 Å². The van der Waals surface area contributed by atoms with E-state index >= 15 is 0 Å². The molecule has 1 heterocycles. The first kappa shape index (κ1) is 17.7. The second kappa shape index (κ2) is 7.74. The number of benzene rings is 1. The van der Waals surface area contributed by atoms with E-state index in [1.165, 1.54) is 0 Å². The summed E-state index contributed by atoms with van der Waals surface area (Å²) in [5.74, 6) is -1.62. The number of esters is 1. The molecule has 0 aliphatic rings. The molecule has 0 bridgehead atoms. The predicted octanol–water partition coefficient (Wildman–Crippen LogP) is 1.54. The highest BCUT2D eigenvalue weighted by molar-refractivity contribution is 5.90. The number of fused-ring (bicyclic) bond motifs is 1. The summed E-state index contributed by atoms with van der Waals surface area (Å²) in [5, 5.41) is 9.69. The quantitative estimate of drug-likeness (QED) is 0.741. The van der Waals surface area contributed by atoms with Gasteiger partial charge < -0.3 is 20.5 Å². The molecule has 0 spiro atoms. The fourth-order valence-corrected chi connectivity index (χ4v) is 2.24. The molecule has 7 heteroatoms. The maximum Gasteiger partial charge on any atom is 0.320 e. The van der Waals surface area contributed by atoms with Gasteiger partial charge in [0.15, 0.2) is 0 Å². The fourth-order valence-electron chi connectivity index (χ4n) is 2.24. The first-order valence-corrected chi connectivity index (χ1v) is 7.58. The van der Waals surface area contributed by atoms with Crippen molar-refractivity contribution >= 4 is 28.5 Å². The number of para-hydroxylation sites is 1. The third-order valence-corrected chi connectivity index (χ3v) is 3.60. The zero-order valence-corrected chi connectivity index (χ0v) is 13.7. The Balaban J connectivity index is 2.01. The van der Waals surface area contributed by atoms with Gasteiger partial charge in [-0.2, -0.15) is 0 Å². The Morgan fingerprint density at radius 2 is 2.04 bits per heavy atom.